The highest BCUT2D eigenvalue weighted by molar-refractivity contribution is 7.89. The second kappa shape index (κ2) is 9.27. The topological polar surface area (TPSA) is 113 Å². The molecule has 0 aliphatic carbocycles. The molecule has 9 nitrogen and oxygen atoms in total. The SMILES string of the molecule is O=C(Cc1cccc(F)c1)NCC(=O)N1CCN(S(=O)(=O)c2cccc3nsnc23)CC1. The molecule has 0 spiro atoms. The fourth-order valence-electron chi connectivity index (χ4n) is 3.49. The Kier molecular flexibility index (Phi) is 6.44. The van der Waals surface area contributed by atoms with Gasteiger partial charge in [-0.05, 0) is 29.8 Å². The van der Waals surface area contributed by atoms with E-state index in [0.717, 1.165) is 11.7 Å². The zero-order valence-electron chi connectivity index (χ0n) is 16.9. The van der Waals surface area contributed by atoms with Gasteiger partial charge in [-0.1, -0.05) is 18.2 Å². The minimum atomic E-state index is -3.77. The lowest BCUT2D eigenvalue weighted by Gasteiger charge is -2.34. The third kappa shape index (κ3) is 4.76. The molecule has 12 heteroatoms. The van der Waals surface area contributed by atoms with E-state index in [1.54, 1.807) is 18.2 Å². The molecule has 1 fully saturated rings. The maximum Gasteiger partial charge on any atom is 0.245 e. The molecule has 0 bridgehead atoms. The van der Waals surface area contributed by atoms with E-state index < -0.39 is 21.7 Å². The van der Waals surface area contributed by atoms with Crippen LogP contribution in [-0.4, -0.2) is 70.9 Å². The Bertz CT molecular complexity index is 1260. The van der Waals surface area contributed by atoms with Gasteiger partial charge in [0.1, 0.15) is 21.7 Å². The molecule has 2 amide bonds. The first-order valence-electron chi connectivity index (χ1n) is 9.85. The van der Waals surface area contributed by atoms with Crippen LogP contribution in [0.25, 0.3) is 11.0 Å². The van der Waals surface area contributed by atoms with Gasteiger partial charge in [-0.3, -0.25) is 9.59 Å². The van der Waals surface area contributed by atoms with Crippen molar-refractivity contribution >= 4 is 44.6 Å². The summed E-state index contributed by atoms with van der Waals surface area (Å²) in [6.07, 6.45) is -0.0336. The quantitative estimate of drug-likeness (QED) is 0.567. The molecule has 1 aliphatic rings. The standard InChI is InChI=1S/C20H20FN5O4S2/c21-15-4-1-3-14(11-15)12-18(27)22-13-19(28)25-7-9-26(10-8-25)32(29,30)17-6-2-5-16-20(17)24-31-23-16/h1-6,11H,7-10,12-13H2,(H,22,27). The van der Waals surface area contributed by atoms with Gasteiger partial charge in [-0.15, -0.1) is 0 Å². The highest BCUT2D eigenvalue weighted by Gasteiger charge is 2.32. The molecular weight excluding hydrogens is 457 g/mol. The first kappa shape index (κ1) is 22.2. The van der Waals surface area contributed by atoms with Crippen molar-refractivity contribution in [3.8, 4) is 0 Å². The maximum atomic E-state index is 13.2. The van der Waals surface area contributed by atoms with Gasteiger partial charge < -0.3 is 10.2 Å². The van der Waals surface area contributed by atoms with Crippen molar-refractivity contribution in [1.29, 1.82) is 0 Å². The minimum Gasteiger partial charge on any atom is -0.347 e. The van der Waals surface area contributed by atoms with Crippen molar-refractivity contribution in [3.63, 3.8) is 0 Å². The molecule has 0 unspecified atom stereocenters. The van der Waals surface area contributed by atoms with Crippen LogP contribution in [0, 0.1) is 5.82 Å². The molecule has 4 rings (SSSR count). The van der Waals surface area contributed by atoms with Crippen molar-refractivity contribution in [2.45, 2.75) is 11.3 Å². The first-order chi connectivity index (χ1) is 15.3. The molecule has 3 aromatic rings. The largest absolute Gasteiger partial charge is 0.347 e. The monoisotopic (exact) mass is 477 g/mol. The lowest BCUT2D eigenvalue weighted by Crippen LogP contribution is -2.52. The summed E-state index contributed by atoms with van der Waals surface area (Å²) in [5.41, 5.74) is 1.38. The van der Waals surface area contributed by atoms with Crippen LogP contribution in [0.15, 0.2) is 47.4 Å². The van der Waals surface area contributed by atoms with Crippen molar-refractivity contribution in [3.05, 3.63) is 53.8 Å². The number of carbonyl (C=O) groups excluding carboxylic acids is 2. The summed E-state index contributed by atoms with van der Waals surface area (Å²) < 4.78 is 48.8. The Morgan fingerprint density at radius 1 is 1.06 bits per heavy atom. The number of benzene rings is 2. The van der Waals surface area contributed by atoms with E-state index in [4.69, 9.17) is 0 Å². The molecule has 0 radical (unpaired) electrons. The smallest absolute Gasteiger partial charge is 0.245 e. The molecule has 0 atom stereocenters. The molecule has 2 heterocycles. The van der Waals surface area contributed by atoms with E-state index in [1.165, 1.54) is 33.5 Å². The van der Waals surface area contributed by atoms with E-state index >= 15 is 0 Å². The zero-order chi connectivity index (χ0) is 22.7. The number of amides is 2. The molecule has 2 aromatic carbocycles. The number of carbonyl (C=O) groups is 2. The van der Waals surface area contributed by atoms with Gasteiger partial charge in [0, 0.05) is 26.2 Å². The number of nitrogens with one attached hydrogen (secondary N) is 1. The van der Waals surface area contributed by atoms with Crippen LogP contribution in [0.1, 0.15) is 5.56 Å². The van der Waals surface area contributed by atoms with Crippen LogP contribution in [-0.2, 0) is 26.0 Å². The van der Waals surface area contributed by atoms with Crippen molar-refractivity contribution < 1.29 is 22.4 Å². The third-order valence-electron chi connectivity index (χ3n) is 5.15. The fourth-order valence-corrected chi connectivity index (χ4v) is 5.66. The fraction of sp³-hybridized carbons (Fsp3) is 0.300. The average molecular weight is 478 g/mol. The predicted octanol–water partition coefficient (Wildman–Crippen LogP) is 1.02. The summed E-state index contributed by atoms with van der Waals surface area (Å²) in [7, 11) is -3.77. The van der Waals surface area contributed by atoms with Gasteiger partial charge in [0.25, 0.3) is 0 Å². The predicted molar refractivity (Wildman–Crippen MR) is 116 cm³/mol. The Balaban J connectivity index is 1.31. The first-order valence-corrected chi connectivity index (χ1v) is 12.0. The summed E-state index contributed by atoms with van der Waals surface area (Å²) in [6, 6.07) is 10.5. The molecular formula is C20H20FN5O4S2. The minimum absolute atomic E-state index is 0.0336. The lowest BCUT2D eigenvalue weighted by atomic mass is 10.1. The summed E-state index contributed by atoms with van der Waals surface area (Å²) in [5.74, 6) is -1.13. The van der Waals surface area contributed by atoms with E-state index in [-0.39, 0.29) is 49.9 Å². The third-order valence-corrected chi connectivity index (χ3v) is 7.62. The van der Waals surface area contributed by atoms with Gasteiger partial charge in [0.15, 0.2) is 0 Å². The number of nitrogens with zero attached hydrogens (tertiary/aromatic N) is 4. The average Bonchev–Trinajstić information content (AvgIpc) is 3.26. The maximum absolute atomic E-state index is 13.2. The molecule has 1 aliphatic heterocycles. The highest BCUT2D eigenvalue weighted by Crippen LogP contribution is 2.25. The Hall–Kier alpha value is -2.96. The van der Waals surface area contributed by atoms with E-state index in [1.807, 2.05) is 0 Å². The number of halogens is 1. The second-order valence-electron chi connectivity index (χ2n) is 7.26. The van der Waals surface area contributed by atoms with E-state index in [9.17, 15) is 22.4 Å². The number of piperazine rings is 1. The van der Waals surface area contributed by atoms with Crippen LogP contribution in [0.5, 0.6) is 0 Å². The summed E-state index contributed by atoms with van der Waals surface area (Å²) in [5, 5.41) is 2.53. The molecule has 1 N–H and O–H groups in total. The number of hydrogen-bond donors (Lipinski definition) is 1. The Morgan fingerprint density at radius 2 is 1.81 bits per heavy atom. The van der Waals surface area contributed by atoms with Crippen molar-refractivity contribution in [2.24, 2.45) is 0 Å². The number of hydrogen-bond acceptors (Lipinski definition) is 7. The molecule has 1 saturated heterocycles. The number of sulfonamides is 1. The van der Waals surface area contributed by atoms with Gasteiger partial charge >= 0.3 is 0 Å². The summed E-state index contributed by atoms with van der Waals surface area (Å²) in [4.78, 5) is 26.1. The van der Waals surface area contributed by atoms with Crippen molar-refractivity contribution in [1.82, 2.24) is 23.3 Å². The summed E-state index contributed by atoms with van der Waals surface area (Å²) >= 11 is 0.954. The summed E-state index contributed by atoms with van der Waals surface area (Å²) in [6.45, 7) is 0.496. The Morgan fingerprint density at radius 3 is 2.56 bits per heavy atom. The molecule has 32 heavy (non-hydrogen) atoms. The van der Waals surface area contributed by atoms with Crippen LogP contribution in [0.4, 0.5) is 4.39 Å². The lowest BCUT2D eigenvalue weighted by molar-refractivity contribution is -0.133. The van der Waals surface area contributed by atoms with Crippen LogP contribution >= 0.6 is 11.7 Å². The number of aromatic nitrogens is 2. The highest BCUT2D eigenvalue weighted by atomic mass is 32.2. The number of rotatable bonds is 6. The van der Waals surface area contributed by atoms with Crippen LogP contribution in [0.2, 0.25) is 0 Å². The van der Waals surface area contributed by atoms with Crippen LogP contribution < -0.4 is 5.32 Å². The van der Waals surface area contributed by atoms with Crippen molar-refractivity contribution in [2.75, 3.05) is 32.7 Å². The van der Waals surface area contributed by atoms with Gasteiger partial charge in [-0.2, -0.15) is 13.1 Å². The second-order valence-corrected chi connectivity index (χ2v) is 9.69. The van der Waals surface area contributed by atoms with Gasteiger partial charge in [0.2, 0.25) is 21.8 Å². The molecule has 0 saturated carbocycles. The van der Waals surface area contributed by atoms with Gasteiger partial charge in [0.05, 0.1) is 24.7 Å². The van der Waals surface area contributed by atoms with Gasteiger partial charge in [-0.25, -0.2) is 12.8 Å². The van der Waals surface area contributed by atoms with Crippen LogP contribution in [0.3, 0.4) is 0 Å². The number of fused-ring (bicyclic) bond motifs is 1. The Labute approximate surface area is 188 Å². The van der Waals surface area contributed by atoms with E-state index in [0.29, 0.717) is 16.6 Å². The molecule has 168 valence electrons. The normalized spacial score (nSPS) is 15.1. The zero-order valence-corrected chi connectivity index (χ0v) is 18.5. The molecule has 1 aromatic heterocycles. The van der Waals surface area contributed by atoms with E-state index in [2.05, 4.69) is 14.1 Å².